The molecule has 2 aromatic rings. The SMILES string of the molecule is CCN(Cc1cccs1)C(=O)NC[C@@H](C)Cn1nc(C)cc1C. The lowest BCUT2D eigenvalue weighted by Crippen LogP contribution is -2.41. The van der Waals surface area contributed by atoms with Gasteiger partial charge in [0.1, 0.15) is 0 Å². The molecule has 2 heterocycles. The number of nitrogens with one attached hydrogen (secondary N) is 1. The van der Waals surface area contributed by atoms with Crippen LogP contribution in [0, 0.1) is 19.8 Å². The van der Waals surface area contributed by atoms with Crippen molar-refractivity contribution in [3.8, 4) is 0 Å². The van der Waals surface area contributed by atoms with Gasteiger partial charge in [-0.1, -0.05) is 13.0 Å². The Balaban J connectivity index is 1.81. The Morgan fingerprint density at radius 2 is 2.26 bits per heavy atom. The quantitative estimate of drug-likeness (QED) is 0.843. The highest BCUT2D eigenvalue weighted by Crippen LogP contribution is 2.12. The molecule has 0 aliphatic rings. The van der Waals surface area contributed by atoms with E-state index in [0.29, 0.717) is 25.6 Å². The van der Waals surface area contributed by atoms with E-state index in [4.69, 9.17) is 0 Å². The maximum absolute atomic E-state index is 12.3. The summed E-state index contributed by atoms with van der Waals surface area (Å²) in [6, 6.07) is 6.15. The number of thiophene rings is 1. The first kappa shape index (κ1) is 17.5. The van der Waals surface area contributed by atoms with Gasteiger partial charge in [-0.15, -0.1) is 11.3 Å². The van der Waals surface area contributed by atoms with Crippen LogP contribution in [0.15, 0.2) is 23.6 Å². The van der Waals surface area contributed by atoms with Crippen LogP contribution in [0.3, 0.4) is 0 Å². The lowest BCUT2D eigenvalue weighted by molar-refractivity contribution is 0.196. The van der Waals surface area contributed by atoms with Gasteiger partial charge < -0.3 is 10.2 Å². The zero-order chi connectivity index (χ0) is 16.8. The van der Waals surface area contributed by atoms with Crippen LogP contribution < -0.4 is 5.32 Å². The number of carbonyl (C=O) groups is 1. The van der Waals surface area contributed by atoms with Gasteiger partial charge in [0.25, 0.3) is 0 Å². The number of urea groups is 1. The molecule has 0 saturated heterocycles. The molecule has 6 heteroatoms. The fraction of sp³-hybridized carbons (Fsp3) is 0.529. The van der Waals surface area contributed by atoms with E-state index in [-0.39, 0.29) is 6.03 Å². The molecular weight excluding hydrogens is 308 g/mol. The predicted molar refractivity (Wildman–Crippen MR) is 94.7 cm³/mol. The third-order valence-electron chi connectivity index (χ3n) is 3.79. The van der Waals surface area contributed by atoms with Crippen molar-refractivity contribution in [2.45, 2.75) is 40.8 Å². The van der Waals surface area contributed by atoms with E-state index < -0.39 is 0 Å². The molecule has 2 rings (SSSR count). The third kappa shape index (κ3) is 5.10. The highest BCUT2D eigenvalue weighted by Gasteiger charge is 2.14. The highest BCUT2D eigenvalue weighted by atomic mass is 32.1. The van der Waals surface area contributed by atoms with E-state index >= 15 is 0 Å². The molecule has 0 bridgehead atoms. The number of carbonyl (C=O) groups excluding carboxylic acids is 1. The summed E-state index contributed by atoms with van der Waals surface area (Å²) in [4.78, 5) is 15.4. The molecule has 0 aliphatic heterocycles. The molecular formula is C17H26N4OS. The summed E-state index contributed by atoms with van der Waals surface area (Å²) in [6.45, 7) is 11.0. The summed E-state index contributed by atoms with van der Waals surface area (Å²) >= 11 is 1.68. The summed E-state index contributed by atoms with van der Waals surface area (Å²) in [5, 5.41) is 9.56. The van der Waals surface area contributed by atoms with Crippen LogP contribution in [-0.4, -0.2) is 33.8 Å². The van der Waals surface area contributed by atoms with Gasteiger partial charge in [-0.05, 0) is 44.2 Å². The zero-order valence-electron chi connectivity index (χ0n) is 14.4. The molecule has 1 N–H and O–H groups in total. The van der Waals surface area contributed by atoms with Crippen molar-refractivity contribution in [2.24, 2.45) is 5.92 Å². The largest absolute Gasteiger partial charge is 0.338 e. The van der Waals surface area contributed by atoms with Crippen LogP contribution in [0.5, 0.6) is 0 Å². The van der Waals surface area contributed by atoms with E-state index in [0.717, 1.165) is 17.9 Å². The standard InChI is InChI=1S/C17H26N4OS/c1-5-20(12-16-7-6-8-23-16)17(22)18-10-13(2)11-21-15(4)9-14(3)19-21/h6-9,13H,5,10-12H2,1-4H3,(H,18,22)/t13-/m1/s1. The minimum atomic E-state index is 0.00104. The van der Waals surface area contributed by atoms with Crippen LogP contribution in [0.2, 0.25) is 0 Å². The zero-order valence-corrected chi connectivity index (χ0v) is 15.2. The fourth-order valence-electron chi connectivity index (χ4n) is 2.51. The molecule has 5 nitrogen and oxygen atoms in total. The highest BCUT2D eigenvalue weighted by molar-refractivity contribution is 7.09. The first-order valence-electron chi connectivity index (χ1n) is 8.05. The van der Waals surface area contributed by atoms with Gasteiger partial charge >= 0.3 is 6.03 Å². The number of aromatic nitrogens is 2. The first-order chi connectivity index (χ1) is 11.0. The van der Waals surface area contributed by atoms with E-state index in [1.54, 1.807) is 11.3 Å². The minimum absolute atomic E-state index is 0.00104. The number of hydrogen-bond acceptors (Lipinski definition) is 3. The number of nitrogens with zero attached hydrogens (tertiary/aromatic N) is 3. The Bertz CT molecular complexity index is 621. The van der Waals surface area contributed by atoms with Gasteiger partial charge in [-0.3, -0.25) is 4.68 Å². The number of rotatable bonds is 7. The molecule has 0 unspecified atom stereocenters. The normalized spacial score (nSPS) is 12.2. The number of aryl methyl sites for hydroxylation is 2. The number of amides is 2. The summed E-state index contributed by atoms with van der Waals surface area (Å²) in [5.41, 5.74) is 2.19. The molecule has 0 radical (unpaired) electrons. The second-order valence-corrected chi connectivity index (χ2v) is 7.03. The van der Waals surface area contributed by atoms with Crippen LogP contribution >= 0.6 is 11.3 Å². The molecule has 0 spiro atoms. The lowest BCUT2D eigenvalue weighted by Gasteiger charge is -2.22. The number of hydrogen-bond donors (Lipinski definition) is 1. The van der Waals surface area contributed by atoms with Crippen molar-refractivity contribution < 1.29 is 4.79 Å². The Labute approximate surface area is 142 Å². The molecule has 23 heavy (non-hydrogen) atoms. The van der Waals surface area contributed by atoms with Gasteiger partial charge in [-0.25, -0.2) is 4.79 Å². The Hall–Kier alpha value is -1.82. The summed E-state index contributed by atoms with van der Waals surface area (Å²) in [6.07, 6.45) is 0. The monoisotopic (exact) mass is 334 g/mol. The Morgan fingerprint density at radius 3 is 2.83 bits per heavy atom. The molecule has 2 amide bonds. The first-order valence-corrected chi connectivity index (χ1v) is 8.93. The van der Waals surface area contributed by atoms with Crippen molar-refractivity contribution >= 4 is 17.4 Å². The second kappa shape index (κ2) is 8.15. The van der Waals surface area contributed by atoms with Gasteiger partial charge in [0.2, 0.25) is 0 Å². The van der Waals surface area contributed by atoms with E-state index in [1.165, 1.54) is 4.88 Å². The van der Waals surface area contributed by atoms with Crippen molar-refractivity contribution in [1.29, 1.82) is 0 Å². The molecule has 0 fully saturated rings. The Morgan fingerprint density at radius 1 is 1.48 bits per heavy atom. The molecule has 0 aromatic carbocycles. The maximum Gasteiger partial charge on any atom is 0.317 e. The molecule has 126 valence electrons. The summed E-state index contributed by atoms with van der Waals surface area (Å²) in [5.74, 6) is 0.331. The van der Waals surface area contributed by atoms with Crippen molar-refractivity contribution in [2.75, 3.05) is 13.1 Å². The van der Waals surface area contributed by atoms with Gasteiger partial charge in [0, 0.05) is 30.2 Å². The van der Waals surface area contributed by atoms with Crippen molar-refractivity contribution in [3.63, 3.8) is 0 Å². The van der Waals surface area contributed by atoms with E-state index in [1.807, 2.05) is 34.9 Å². The minimum Gasteiger partial charge on any atom is -0.338 e. The van der Waals surface area contributed by atoms with Crippen LogP contribution in [0.1, 0.15) is 30.1 Å². The van der Waals surface area contributed by atoms with Gasteiger partial charge in [0.05, 0.1) is 12.2 Å². The lowest BCUT2D eigenvalue weighted by atomic mass is 10.2. The predicted octanol–water partition coefficient (Wildman–Crippen LogP) is 3.43. The Kier molecular flexibility index (Phi) is 6.21. The third-order valence-corrected chi connectivity index (χ3v) is 4.65. The smallest absolute Gasteiger partial charge is 0.317 e. The average Bonchev–Trinajstić information content (AvgIpc) is 3.12. The molecule has 1 atom stereocenters. The van der Waals surface area contributed by atoms with Crippen LogP contribution in [0.25, 0.3) is 0 Å². The van der Waals surface area contributed by atoms with Crippen LogP contribution in [0.4, 0.5) is 4.79 Å². The van der Waals surface area contributed by atoms with Gasteiger partial charge in [0.15, 0.2) is 0 Å². The van der Waals surface area contributed by atoms with E-state index in [9.17, 15) is 4.79 Å². The fourth-order valence-corrected chi connectivity index (χ4v) is 3.23. The van der Waals surface area contributed by atoms with Crippen molar-refractivity contribution in [1.82, 2.24) is 20.0 Å². The molecule has 0 aliphatic carbocycles. The summed E-state index contributed by atoms with van der Waals surface area (Å²) < 4.78 is 2.01. The topological polar surface area (TPSA) is 50.2 Å². The van der Waals surface area contributed by atoms with Crippen LogP contribution in [-0.2, 0) is 13.1 Å². The van der Waals surface area contributed by atoms with Gasteiger partial charge in [-0.2, -0.15) is 5.10 Å². The summed E-state index contributed by atoms with van der Waals surface area (Å²) in [7, 11) is 0. The van der Waals surface area contributed by atoms with Crippen molar-refractivity contribution in [3.05, 3.63) is 39.8 Å². The second-order valence-electron chi connectivity index (χ2n) is 5.99. The maximum atomic E-state index is 12.3. The average molecular weight is 334 g/mol. The molecule has 0 saturated carbocycles. The van der Waals surface area contributed by atoms with E-state index in [2.05, 4.69) is 36.4 Å². The molecule has 2 aromatic heterocycles.